The minimum atomic E-state index is -0.618. The van der Waals surface area contributed by atoms with Crippen LogP contribution in [0.3, 0.4) is 0 Å². The highest BCUT2D eigenvalue weighted by Gasteiger charge is 2.19. The van der Waals surface area contributed by atoms with Crippen LogP contribution in [0.5, 0.6) is 0 Å². The molecule has 168 valence electrons. The lowest BCUT2D eigenvalue weighted by Gasteiger charge is -2.11. The Labute approximate surface area is 185 Å². The summed E-state index contributed by atoms with van der Waals surface area (Å²) < 4.78 is 20.8. The summed E-state index contributed by atoms with van der Waals surface area (Å²) in [6.45, 7) is 0.700. The molecule has 0 saturated carbocycles. The first-order valence-electron chi connectivity index (χ1n) is 10.5. The average molecular weight is 440 g/mol. The van der Waals surface area contributed by atoms with Gasteiger partial charge in [-0.25, -0.2) is 14.4 Å². The van der Waals surface area contributed by atoms with Crippen LogP contribution in [0.2, 0.25) is 0 Å². The summed E-state index contributed by atoms with van der Waals surface area (Å²) in [4.78, 5) is 48.4. The minimum Gasteiger partial charge on any atom is -0.465 e. The van der Waals surface area contributed by atoms with E-state index in [0.717, 1.165) is 0 Å². The van der Waals surface area contributed by atoms with E-state index in [0.29, 0.717) is 36.8 Å². The molecule has 1 aromatic carbocycles. The Morgan fingerprint density at radius 3 is 1.59 bits per heavy atom. The second kappa shape index (κ2) is 11.7. The normalized spacial score (nSPS) is 21.1. The smallest absolute Gasteiger partial charge is 0.346 e. The fourth-order valence-corrected chi connectivity index (χ4v) is 2.92. The van der Waals surface area contributed by atoms with Crippen LogP contribution < -0.4 is 0 Å². The Morgan fingerprint density at radius 1 is 0.656 bits per heavy atom. The first kappa shape index (κ1) is 23.0. The van der Waals surface area contributed by atoms with Gasteiger partial charge in [-0.2, -0.15) is 0 Å². The second-order valence-electron chi connectivity index (χ2n) is 7.18. The van der Waals surface area contributed by atoms with Crippen LogP contribution in [-0.4, -0.2) is 50.3 Å². The van der Waals surface area contributed by atoms with Crippen molar-refractivity contribution in [2.45, 2.75) is 25.7 Å². The molecule has 0 saturated heterocycles. The van der Waals surface area contributed by atoms with Crippen molar-refractivity contribution >= 4 is 23.9 Å². The number of rotatable bonds is 0. The number of benzene rings is 1. The van der Waals surface area contributed by atoms with Gasteiger partial charge in [0.2, 0.25) is 0 Å². The third-order valence-corrected chi connectivity index (χ3v) is 4.76. The summed E-state index contributed by atoms with van der Waals surface area (Å²) in [7, 11) is 0. The molecule has 4 aliphatic heterocycles. The largest absolute Gasteiger partial charge is 0.465 e. The van der Waals surface area contributed by atoms with Gasteiger partial charge in [0.05, 0.1) is 37.6 Å². The molecule has 6 rings (SSSR count). The van der Waals surface area contributed by atoms with Gasteiger partial charge in [0.15, 0.2) is 0 Å². The fourth-order valence-electron chi connectivity index (χ4n) is 2.92. The van der Waals surface area contributed by atoms with Crippen molar-refractivity contribution in [2.75, 3.05) is 26.4 Å². The van der Waals surface area contributed by atoms with Gasteiger partial charge >= 0.3 is 23.9 Å². The molecule has 4 heterocycles. The van der Waals surface area contributed by atoms with Crippen LogP contribution in [0, 0.1) is 5.92 Å². The lowest BCUT2D eigenvalue weighted by molar-refractivity contribution is -0.145. The highest BCUT2D eigenvalue weighted by atomic mass is 16.5. The minimum absolute atomic E-state index is 0.164. The van der Waals surface area contributed by atoms with Gasteiger partial charge in [-0.05, 0) is 62.1 Å². The number of carbonyl (C=O) groups is 4. The van der Waals surface area contributed by atoms with Crippen LogP contribution >= 0.6 is 0 Å². The molecule has 1 aromatic rings. The van der Waals surface area contributed by atoms with Crippen LogP contribution in [0.1, 0.15) is 46.4 Å². The summed E-state index contributed by atoms with van der Waals surface area (Å²) >= 11 is 0. The van der Waals surface area contributed by atoms with Gasteiger partial charge in [-0.3, -0.25) is 4.79 Å². The SMILES string of the molecule is O=C1OCCCCOC(=O)c2ccc(cc2)C(=O)OCCCCOC(=O)C2C=C=C1C=C2. The summed E-state index contributed by atoms with van der Waals surface area (Å²) in [6, 6.07) is 6.01. The standard InChI is InChI=1S/C24H24O8/c25-21-17-5-7-19(8-6-17)23(27)31-15-3-4-16-32-24(28)20-11-9-18(10-12-20)22(26)30-14-2-1-13-29-21/h5-11,18H,1-4,13-16H2. The maximum Gasteiger partial charge on any atom is 0.346 e. The van der Waals surface area contributed by atoms with E-state index in [2.05, 4.69) is 5.73 Å². The van der Waals surface area contributed by atoms with Crippen LogP contribution in [-0.2, 0) is 28.5 Å². The predicted octanol–water partition coefficient (Wildman–Crippen LogP) is 2.93. The van der Waals surface area contributed by atoms with E-state index in [1.54, 1.807) is 6.08 Å². The van der Waals surface area contributed by atoms with Gasteiger partial charge in [-0.15, -0.1) is 5.73 Å². The zero-order valence-electron chi connectivity index (χ0n) is 17.5. The quantitative estimate of drug-likeness (QED) is 0.345. The summed E-state index contributed by atoms with van der Waals surface area (Å²) in [5.41, 5.74) is 3.63. The molecule has 0 amide bonds. The Bertz CT molecular complexity index is 951. The summed E-state index contributed by atoms with van der Waals surface area (Å²) in [5.74, 6) is -2.59. The highest BCUT2D eigenvalue weighted by Crippen LogP contribution is 2.14. The Kier molecular flexibility index (Phi) is 8.40. The number of hydrogen-bond donors (Lipinski definition) is 0. The molecule has 5 aliphatic rings. The van der Waals surface area contributed by atoms with Crippen molar-refractivity contribution in [3.05, 3.63) is 64.9 Å². The zero-order chi connectivity index (χ0) is 22.8. The molecule has 0 radical (unpaired) electrons. The molecule has 0 N–H and O–H groups in total. The van der Waals surface area contributed by atoms with Crippen LogP contribution in [0.25, 0.3) is 0 Å². The second-order valence-corrected chi connectivity index (χ2v) is 7.18. The topological polar surface area (TPSA) is 105 Å². The molecular formula is C24H24O8. The molecule has 32 heavy (non-hydrogen) atoms. The molecule has 1 aliphatic carbocycles. The van der Waals surface area contributed by atoms with Crippen molar-refractivity contribution in [1.29, 1.82) is 0 Å². The van der Waals surface area contributed by atoms with Gasteiger partial charge in [0, 0.05) is 0 Å². The van der Waals surface area contributed by atoms with Crippen LogP contribution in [0.15, 0.2) is 53.8 Å². The zero-order valence-corrected chi connectivity index (χ0v) is 17.5. The van der Waals surface area contributed by atoms with E-state index in [1.807, 2.05) is 0 Å². The van der Waals surface area contributed by atoms with Gasteiger partial charge < -0.3 is 18.9 Å². The van der Waals surface area contributed by atoms with Crippen molar-refractivity contribution in [1.82, 2.24) is 0 Å². The summed E-state index contributed by atoms with van der Waals surface area (Å²) in [6.07, 6.45) is 6.58. The fraction of sp³-hybridized carbons (Fsp3) is 0.375. The Morgan fingerprint density at radius 2 is 1.12 bits per heavy atom. The van der Waals surface area contributed by atoms with E-state index in [1.165, 1.54) is 36.4 Å². The molecular weight excluding hydrogens is 416 g/mol. The summed E-state index contributed by atoms with van der Waals surface area (Å²) in [5, 5.41) is 0. The molecule has 8 nitrogen and oxygen atoms in total. The molecule has 4 bridgehead atoms. The Hall–Kier alpha value is -3.64. The number of hydrogen-bond acceptors (Lipinski definition) is 8. The van der Waals surface area contributed by atoms with Crippen molar-refractivity contribution in [3.8, 4) is 0 Å². The number of ether oxygens (including phenoxy) is 4. The van der Waals surface area contributed by atoms with Crippen molar-refractivity contribution in [3.63, 3.8) is 0 Å². The molecule has 8 heteroatoms. The molecule has 0 fully saturated rings. The maximum atomic E-state index is 12.1. The first-order valence-corrected chi connectivity index (χ1v) is 10.5. The van der Waals surface area contributed by atoms with Crippen molar-refractivity contribution < 1.29 is 38.1 Å². The number of esters is 4. The highest BCUT2D eigenvalue weighted by molar-refractivity contribution is 5.93. The van der Waals surface area contributed by atoms with E-state index in [-0.39, 0.29) is 32.0 Å². The average Bonchev–Trinajstić information content (AvgIpc) is 2.82. The maximum absolute atomic E-state index is 12.1. The molecule has 1 atom stereocenters. The third kappa shape index (κ3) is 6.68. The molecule has 0 aromatic heterocycles. The lowest BCUT2D eigenvalue weighted by Crippen LogP contribution is -2.17. The Balaban J connectivity index is 1.60. The van der Waals surface area contributed by atoms with Gasteiger partial charge in [0.25, 0.3) is 0 Å². The molecule has 1 unspecified atom stereocenters. The predicted molar refractivity (Wildman–Crippen MR) is 112 cm³/mol. The lowest BCUT2D eigenvalue weighted by atomic mass is 10.0. The van der Waals surface area contributed by atoms with E-state index >= 15 is 0 Å². The van der Waals surface area contributed by atoms with Gasteiger partial charge in [-0.1, -0.05) is 6.08 Å². The van der Waals surface area contributed by atoms with Crippen molar-refractivity contribution in [2.24, 2.45) is 5.92 Å². The van der Waals surface area contributed by atoms with E-state index in [9.17, 15) is 19.2 Å². The monoisotopic (exact) mass is 440 g/mol. The van der Waals surface area contributed by atoms with Gasteiger partial charge in [0.1, 0.15) is 11.5 Å². The van der Waals surface area contributed by atoms with Crippen LogP contribution in [0.4, 0.5) is 0 Å². The third-order valence-electron chi connectivity index (χ3n) is 4.76. The first-order chi connectivity index (χ1) is 15.5. The van der Waals surface area contributed by atoms with E-state index in [4.69, 9.17) is 18.9 Å². The van der Waals surface area contributed by atoms with E-state index < -0.39 is 29.8 Å². The number of carbonyl (C=O) groups excluding carboxylic acids is 4. The molecule has 0 spiro atoms.